The number of carbonyl (C=O) groups excluding carboxylic acids is 1. The van der Waals surface area contributed by atoms with Crippen molar-refractivity contribution in [3.8, 4) is 0 Å². The van der Waals surface area contributed by atoms with E-state index in [9.17, 15) is 4.79 Å². The van der Waals surface area contributed by atoms with Crippen LogP contribution in [0.5, 0.6) is 0 Å². The minimum Gasteiger partial charge on any atom is -0.335 e. The Morgan fingerprint density at radius 2 is 1.80 bits per heavy atom. The molecule has 1 saturated carbocycles. The summed E-state index contributed by atoms with van der Waals surface area (Å²) in [7, 11) is 0. The zero-order valence-electron chi connectivity index (χ0n) is 9.61. The summed E-state index contributed by atoms with van der Waals surface area (Å²) in [5.74, 6) is 0.280. The van der Waals surface area contributed by atoms with Crippen LogP contribution < -0.4 is 5.73 Å². The quantitative estimate of drug-likeness (QED) is 0.669. The van der Waals surface area contributed by atoms with Gasteiger partial charge in [0.05, 0.1) is 0 Å². The first-order valence-corrected chi connectivity index (χ1v) is 6.27. The molecule has 2 atom stereocenters. The van der Waals surface area contributed by atoms with E-state index in [0.717, 1.165) is 0 Å². The molecule has 0 aromatic rings. The lowest BCUT2D eigenvalue weighted by Crippen LogP contribution is -2.44. The van der Waals surface area contributed by atoms with Crippen LogP contribution in [0.25, 0.3) is 0 Å². The van der Waals surface area contributed by atoms with Crippen LogP contribution in [0.15, 0.2) is 0 Å². The van der Waals surface area contributed by atoms with E-state index in [1.165, 1.54) is 38.5 Å². The third-order valence-corrected chi connectivity index (χ3v) is 3.97. The lowest BCUT2D eigenvalue weighted by molar-refractivity contribution is -0.131. The summed E-state index contributed by atoms with van der Waals surface area (Å²) in [5, 5.41) is 0. The Hall–Kier alpha value is -0.570. The average Bonchev–Trinajstić information content (AvgIpc) is 2.46. The predicted octanol–water partition coefficient (Wildman–Crippen LogP) is 1.66. The number of hydrogen-bond donors (Lipinski definition) is 1. The number of nitrogens with zero attached hydrogens (tertiary/aromatic N) is 1. The first kappa shape index (κ1) is 10.9. The molecule has 0 spiro atoms. The van der Waals surface area contributed by atoms with Crippen molar-refractivity contribution in [2.45, 2.75) is 70.0 Å². The lowest BCUT2D eigenvalue weighted by Gasteiger charge is -2.32. The zero-order valence-corrected chi connectivity index (χ0v) is 9.61. The number of likely N-dealkylation sites (tertiary alicyclic amines) is 1. The fourth-order valence-corrected chi connectivity index (χ4v) is 2.98. The van der Waals surface area contributed by atoms with Gasteiger partial charge in [-0.1, -0.05) is 25.7 Å². The van der Waals surface area contributed by atoms with Gasteiger partial charge in [0.2, 0.25) is 5.91 Å². The van der Waals surface area contributed by atoms with Crippen molar-refractivity contribution in [3.05, 3.63) is 0 Å². The third-order valence-electron chi connectivity index (χ3n) is 3.97. The highest BCUT2D eigenvalue weighted by Crippen LogP contribution is 2.28. The fourth-order valence-electron chi connectivity index (χ4n) is 2.98. The summed E-state index contributed by atoms with van der Waals surface area (Å²) in [5.41, 5.74) is 5.94. The Morgan fingerprint density at radius 3 is 2.27 bits per heavy atom. The van der Waals surface area contributed by atoms with Gasteiger partial charge in [0.15, 0.2) is 0 Å². The summed E-state index contributed by atoms with van der Waals surface area (Å²) in [6.07, 6.45) is 8.13. The molecular formula is C12H22N2O. The second-order valence-electron chi connectivity index (χ2n) is 5.05. The Bertz CT molecular complexity index is 234. The van der Waals surface area contributed by atoms with Crippen molar-refractivity contribution in [3.63, 3.8) is 0 Å². The molecule has 2 unspecified atom stereocenters. The Kier molecular flexibility index (Phi) is 3.29. The molecular weight excluding hydrogens is 188 g/mol. The van der Waals surface area contributed by atoms with Gasteiger partial charge < -0.3 is 10.6 Å². The van der Waals surface area contributed by atoms with E-state index in [4.69, 9.17) is 5.73 Å². The van der Waals surface area contributed by atoms with Crippen LogP contribution >= 0.6 is 0 Å². The van der Waals surface area contributed by atoms with Crippen molar-refractivity contribution in [2.75, 3.05) is 0 Å². The topological polar surface area (TPSA) is 46.3 Å². The van der Waals surface area contributed by atoms with E-state index in [-0.39, 0.29) is 18.0 Å². The van der Waals surface area contributed by atoms with Crippen molar-refractivity contribution < 1.29 is 4.79 Å². The minimum atomic E-state index is 0.0563. The Morgan fingerprint density at radius 1 is 1.20 bits per heavy atom. The molecule has 86 valence electrons. The van der Waals surface area contributed by atoms with E-state index in [0.29, 0.717) is 12.5 Å². The second kappa shape index (κ2) is 4.52. The van der Waals surface area contributed by atoms with Gasteiger partial charge >= 0.3 is 0 Å². The summed E-state index contributed by atoms with van der Waals surface area (Å²) < 4.78 is 0. The lowest BCUT2D eigenvalue weighted by atomic mass is 10.1. The van der Waals surface area contributed by atoms with Crippen molar-refractivity contribution in [1.29, 1.82) is 0 Å². The van der Waals surface area contributed by atoms with Gasteiger partial charge in [-0.3, -0.25) is 4.79 Å². The molecule has 0 aromatic heterocycles. The molecule has 2 fully saturated rings. The predicted molar refractivity (Wildman–Crippen MR) is 60.4 cm³/mol. The van der Waals surface area contributed by atoms with E-state index in [1.807, 2.05) is 0 Å². The van der Waals surface area contributed by atoms with E-state index < -0.39 is 0 Å². The van der Waals surface area contributed by atoms with Crippen LogP contribution in [0, 0.1) is 0 Å². The summed E-state index contributed by atoms with van der Waals surface area (Å²) >= 11 is 0. The maximum absolute atomic E-state index is 11.9. The molecule has 3 heteroatoms. The highest BCUT2D eigenvalue weighted by Gasteiger charge is 2.38. The normalized spacial score (nSPS) is 34.5. The van der Waals surface area contributed by atoms with E-state index in [2.05, 4.69) is 11.8 Å². The van der Waals surface area contributed by atoms with Gasteiger partial charge in [-0.15, -0.1) is 0 Å². The molecule has 0 bridgehead atoms. The first-order valence-electron chi connectivity index (χ1n) is 6.27. The average molecular weight is 210 g/mol. The molecule has 1 saturated heterocycles. The van der Waals surface area contributed by atoms with Crippen LogP contribution in [0.3, 0.4) is 0 Å². The van der Waals surface area contributed by atoms with Crippen LogP contribution in [0.1, 0.15) is 51.9 Å². The number of rotatable bonds is 1. The first-order chi connectivity index (χ1) is 7.20. The molecule has 1 aliphatic carbocycles. The summed E-state index contributed by atoms with van der Waals surface area (Å²) in [6.45, 7) is 2.10. The number of hydrogen-bond acceptors (Lipinski definition) is 2. The SMILES string of the molecule is CC1C(N)CC(=O)N1C1CCCCCC1. The fraction of sp³-hybridized carbons (Fsp3) is 0.917. The maximum atomic E-state index is 11.9. The van der Waals surface area contributed by atoms with Gasteiger partial charge in [-0.25, -0.2) is 0 Å². The van der Waals surface area contributed by atoms with E-state index in [1.54, 1.807) is 0 Å². The highest BCUT2D eigenvalue weighted by atomic mass is 16.2. The molecule has 1 aliphatic heterocycles. The molecule has 1 heterocycles. The Labute approximate surface area is 92.0 Å². The van der Waals surface area contributed by atoms with Gasteiger partial charge in [-0.05, 0) is 19.8 Å². The largest absolute Gasteiger partial charge is 0.335 e. The number of amides is 1. The standard InChI is InChI=1S/C12H22N2O/c1-9-11(13)8-12(15)14(9)10-6-4-2-3-5-7-10/h9-11H,2-8,13H2,1H3. The molecule has 2 rings (SSSR count). The molecule has 0 aromatic carbocycles. The molecule has 2 N–H and O–H groups in total. The van der Waals surface area contributed by atoms with Crippen LogP contribution in [-0.4, -0.2) is 28.9 Å². The van der Waals surface area contributed by atoms with Crippen molar-refractivity contribution in [1.82, 2.24) is 4.90 Å². The third kappa shape index (κ3) is 2.17. The second-order valence-corrected chi connectivity index (χ2v) is 5.05. The van der Waals surface area contributed by atoms with Gasteiger partial charge in [0, 0.05) is 24.5 Å². The molecule has 1 amide bonds. The van der Waals surface area contributed by atoms with Crippen molar-refractivity contribution >= 4 is 5.91 Å². The molecule has 0 radical (unpaired) electrons. The summed E-state index contributed by atoms with van der Waals surface area (Å²) in [4.78, 5) is 13.9. The molecule has 3 nitrogen and oxygen atoms in total. The number of nitrogens with two attached hydrogens (primary N) is 1. The van der Waals surface area contributed by atoms with Crippen LogP contribution in [0.4, 0.5) is 0 Å². The number of carbonyl (C=O) groups is 1. The summed E-state index contributed by atoms with van der Waals surface area (Å²) in [6, 6.07) is 0.782. The molecule has 15 heavy (non-hydrogen) atoms. The smallest absolute Gasteiger partial charge is 0.224 e. The van der Waals surface area contributed by atoms with E-state index >= 15 is 0 Å². The highest BCUT2D eigenvalue weighted by molar-refractivity contribution is 5.80. The van der Waals surface area contributed by atoms with Gasteiger partial charge in [0.1, 0.15) is 0 Å². The van der Waals surface area contributed by atoms with Crippen LogP contribution in [0.2, 0.25) is 0 Å². The maximum Gasteiger partial charge on any atom is 0.224 e. The molecule has 2 aliphatic rings. The zero-order chi connectivity index (χ0) is 10.8. The van der Waals surface area contributed by atoms with Crippen molar-refractivity contribution in [2.24, 2.45) is 5.73 Å². The van der Waals surface area contributed by atoms with Gasteiger partial charge in [-0.2, -0.15) is 0 Å². The van der Waals surface area contributed by atoms with Gasteiger partial charge in [0.25, 0.3) is 0 Å². The van der Waals surface area contributed by atoms with Crippen LogP contribution in [-0.2, 0) is 4.79 Å². The minimum absolute atomic E-state index is 0.0563. The monoisotopic (exact) mass is 210 g/mol. The Balaban J connectivity index is 2.04.